The van der Waals surface area contributed by atoms with Crippen molar-refractivity contribution in [2.45, 2.75) is 20.8 Å². The summed E-state index contributed by atoms with van der Waals surface area (Å²) in [6, 6.07) is 5.87. The fourth-order valence-corrected chi connectivity index (χ4v) is 2.77. The van der Waals surface area contributed by atoms with E-state index in [4.69, 9.17) is 4.74 Å². The summed E-state index contributed by atoms with van der Waals surface area (Å²) in [5, 5.41) is 4.00. The average molecular weight is 276 g/mol. The first-order chi connectivity index (χ1) is 9.02. The lowest BCUT2D eigenvalue weighted by molar-refractivity contribution is 0.101. The number of rotatable bonds is 4. The van der Waals surface area contributed by atoms with Crippen LogP contribution in [-0.4, -0.2) is 17.3 Å². The van der Waals surface area contributed by atoms with Gasteiger partial charge in [-0.1, -0.05) is 6.07 Å². The molecule has 2 rings (SSSR count). The summed E-state index contributed by atoms with van der Waals surface area (Å²) in [6.07, 6.45) is 0. The van der Waals surface area contributed by atoms with Crippen LogP contribution in [0.2, 0.25) is 0 Å². The molecule has 1 N–H and O–H groups in total. The number of benzene rings is 1. The van der Waals surface area contributed by atoms with Crippen LogP contribution < -0.4 is 10.1 Å². The molecule has 100 valence electrons. The van der Waals surface area contributed by atoms with Crippen LogP contribution in [0.4, 0.5) is 10.7 Å². The van der Waals surface area contributed by atoms with Crippen LogP contribution in [0.3, 0.4) is 0 Å². The van der Waals surface area contributed by atoms with Crippen LogP contribution >= 0.6 is 11.5 Å². The Morgan fingerprint density at radius 2 is 2.11 bits per heavy atom. The fraction of sp³-hybridized carbons (Fsp3) is 0.286. The number of carbonyl (C=O) groups is 1. The highest BCUT2D eigenvalue weighted by molar-refractivity contribution is 7.10. The van der Waals surface area contributed by atoms with Crippen LogP contribution in [-0.2, 0) is 0 Å². The molecule has 4 nitrogen and oxygen atoms in total. The van der Waals surface area contributed by atoms with Crippen molar-refractivity contribution in [1.29, 1.82) is 0 Å². The number of carbonyl (C=O) groups excluding carboxylic acids is 1. The first kappa shape index (κ1) is 13.5. The zero-order valence-corrected chi connectivity index (χ0v) is 12.2. The molecule has 0 aliphatic carbocycles. The lowest BCUT2D eigenvalue weighted by Gasteiger charge is -2.11. The summed E-state index contributed by atoms with van der Waals surface area (Å²) >= 11 is 1.29. The Morgan fingerprint density at radius 1 is 1.37 bits per heavy atom. The van der Waals surface area contributed by atoms with Gasteiger partial charge in [0.15, 0.2) is 5.78 Å². The topological polar surface area (TPSA) is 51.2 Å². The number of aromatic nitrogens is 1. The van der Waals surface area contributed by atoms with Gasteiger partial charge in [-0.15, -0.1) is 0 Å². The van der Waals surface area contributed by atoms with Crippen LogP contribution in [0.15, 0.2) is 18.2 Å². The maximum Gasteiger partial charge on any atom is 0.164 e. The minimum Gasteiger partial charge on any atom is -0.495 e. The van der Waals surface area contributed by atoms with Gasteiger partial charge in [0.1, 0.15) is 10.8 Å². The SMILES string of the molecule is COc1ccc(C)cc1Nc1snc(C)c1C(C)=O. The molecule has 0 amide bonds. The van der Waals surface area contributed by atoms with Crippen LogP contribution in [0.25, 0.3) is 0 Å². The van der Waals surface area contributed by atoms with Gasteiger partial charge in [0, 0.05) is 0 Å². The molecule has 1 heterocycles. The summed E-state index contributed by atoms with van der Waals surface area (Å²) in [5.41, 5.74) is 3.36. The Bertz CT molecular complexity index is 620. The normalized spacial score (nSPS) is 10.3. The van der Waals surface area contributed by atoms with E-state index in [0.717, 1.165) is 27.7 Å². The van der Waals surface area contributed by atoms with Gasteiger partial charge in [-0.05, 0) is 50.0 Å². The molecule has 0 saturated carbocycles. The first-order valence-corrected chi connectivity index (χ1v) is 6.69. The summed E-state index contributed by atoms with van der Waals surface area (Å²) in [4.78, 5) is 11.7. The van der Waals surface area contributed by atoms with E-state index in [1.165, 1.54) is 11.5 Å². The molecule has 1 aromatic heterocycles. The van der Waals surface area contributed by atoms with E-state index < -0.39 is 0 Å². The van der Waals surface area contributed by atoms with E-state index in [1.807, 2.05) is 32.0 Å². The molecule has 0 atom stereocenters. The smallest absolute Gasteiger partial charge is 0.164 e. The van der Waals surface area contributed by atoms with Crippen molar-refractivity contribution < 1.29 is 9.53 Å². The Kier molecular flexibility index (Phi) is 3.85. The third-order valence-electron chi connectivity index (χ3n) is 2.82. The molecular weight excluding hydrogens is 260 g/mol. The molecule has 5 heteroatoms. The Balaban J connectivity index is 2.41. The van der Waals surface area contributed by atoms with Crippen LogP contribution in [0, 0.1) is 13.8 Å². The van der Waals surface area contributed by atoms with Crippen molar-refractivity contribution in [2.24, 2.45) is 0 Å². The minimum absolute atomic E-state index is 0.0142. The van der Waals surface area contributed by atoms with Crippen molar-refractivity contribution in [1.82, 2.24) is 4.37 Å². The van der Waals surface area contributed by atoms with Crippen molar-refractivity contribution in [3.05, 3.63) is 35.0 Å². The molecule has 19 heavy (non-hydrogen) atoms. The molecule has 0 fully saturated rings. The van der Waals surface area contributed by atoms with E-state index in [9.17, 15) is 4.79 Å². The van der Waals surface area contributed by atoms with Crippen molar-refractivity contribution in [2.75, 3.05) is 12.4 Å². The number of aryl methyl sites for hydroxylation is 2. The minimum atomic E-state index is 0.0142. The monoisotopic (exact) mass is 276 g/mol. The molecule has 0 radical (unpaired) electrons. The third-order valence-corrected chi connectivity index (χ3v) is 3.67. The van der Waals surface area contributed by atoms with Gasteiger partial charge < -0.3 is 10.1 Å². The molecule has 0 unspecified atom stereocenters. The van der Waals surface area contributed by atoms with Crippen molar-refractivity contribution >= 4 is 28.0 Å². The Morgan fingerprint density at radius 3 is 2.74 bits per heavy atom. The van der Waals surface area contributed by atoms with Gasteiger partial charge in [-0.2, -0.15) is 4.37 Å². The van der Waals surface area contributed by atoms with E-state index in [-0.39, 0.29) is 5.78 Å². The van der Waals surface area contributed by atoms with Crippen molar-refractivity contribution in [3.63, 3.8) is 0 Å². The zero-order chi connectivity index (χ0) is 14.0. The molecule has 0 spiro atoms. The molecule has 0 saturated heterocycles. The number of Topliss-reactive ketones (excluding diaryl/α,β-unsaturated/α-hetero) is 1. The molecule has 2 aromatic rings. The van der Waals surface area contributed by atoms with Gasteiger partial charge in [0.05, 0.1) is 24.1 Å². The second kappa shape index (κ2) is 5.40. The molecule has 0 aliphatic heterocycles. The average Bonchev–Trinajstić information content (AvgIpc) is 2.71. The largest absolute Gasteiger partial charge is 0.495 e. The van der Waals surface area contributed by atoms with Crippen LogP contribution in [0.5, 0.6) is 5.75 Å². The van der Waals surface area contributed by atoms with E-state index in [0.29, 0.717) is 5.56 Å². The van der Waals surface area contributed by atoms with E-state index in [2.05, 4.69) is 9.69 Å². The second-order valence-corrected chi connectivity index (χ2v) is 5.13. The summed E-state index contributed by atoms with van der Waals surface area (Å²) in [7, 11) is 1.62. The maximum absolute atomic E-state index is 11.7. The third kappa shape index (κ3) is 2.76. The van der Waals surface area contributed by atoms with E-state index >= 15 is 0 Å². The van der Waals surface area contributed by atoms with Gasteiger partial charge in [-0.25, -0.2) is 0 Å². The Labute approximate surface area is 116 Å². The highest BCUT2D eigenvalue weighted by Gasteiger charge is 2.16. The van der Waals surface area contributed by atoms with Gasteiger partial charge in [0.2, 0.25) is 0 Å². The maximum atomic E-state index is 11.7. The summed E-state index contributed by atoms with van der Waals surface area (Å²) in [6.45, 7) is 5.40. The second-order valence-electron chi connectivity index (χ2n) is 4.36. The standard InChI is InChI=1S/C14H16N2O2S/c1-8-5-6-12(18-4)11(7-8)15-14-13(10(3)17)9(2)16-19-14/h5-7,15H,1-4H3. The van der Waals surface area contributed by atoms with Gasteiger partial charge in [-0.3, -0.25) is 4.79 Å². The predicted molar refractivity (Wildman–Crippen MR) is 77.9 cm³/mol. The number of methoxy groups -OCH3 is 1. The number of hydrogen-bond acceptors (Lipinski definition) is 5. The number of hydrogen-bond donors (Lipinski definition) is 1. The number of anilines is 2. The lowest BCUT2D eigenvalue weighted by atomic mass is 10.1. The summed E-state index contributed by atoms with van der Waals surface area (Å²) < 4.78 is 9.55. The molecule has 0 bridgehead atoms. The zero-order valence-electron chi connectivity index (χ0n) is 11.4. The van der Waals surface area contributed by atoms with Gasteiger partial charge >= 0.3 is 0 Å². The first-order valence-electron chi connectivity index (χ1n) is 5.91. The van der Waals surface area contributed by atoms with E-state index in [1.54, 1.807) is 14.0 Å². The molecular formula is C14H16N2O2S. The highest BCUT2D eigenvalue weighted by atomic mass is 32.1. The predicted octanol–water partition coefficient (Wildman–Crippen LogP) is 3.71. The van der Waals surface area contributed by atoms with Gasteiger partial charge in [0.25, 0.3) is 0 Å². The summed E-state index contributed by atoms with van der Waals surface area (Å²) in [5.74, 6) is 0.756. The highest BCUT2D eigenvalue weighted by Crippen LogP contribution is 2.33. The number of nitrogens with zero attached hydrogens (tertiary/aromatic N) is 1. The van der Waals surface area contributed by atoms with Crippen LogP contribution in [0.1, 0.15) is 28.5 Å². The Hall–Kier alpha value is -1.88. The number of nitrogens with one attached hydrogen (secondary N) is 1. The lowest BCUT2D eigenvalue weighted by Crippen LogP contribution is -2.00. The fourth-order valence-electron chi connectivity index (χ4n) is 1.91. The quantitative estimate of drug-likeness (QED) is 0.865. The van der Waals surface area contributed by atoms with Crippen molar-refractivity contribution in [3.8, 4) is 5.75 Å². The number of ketones is 1. The number of ether oxygens (including phenoxy) is 1. The molecule has 0 aliphatic rings. The molecule has 1 aromatic carbocycles.